The summed E-state index contributed by atoms with van der Waals surface area (Å²) in [6.07, 6.45) is 16.6. The molecule has 0 bridgehead atoms. The quantitative estimate of drug-likeness (QED) is 0.324. The van der Waals surface area contributed by atoms with Crippen molar-refractivity contribution in [2.75, 3.05) is 0 Å². The van der Waals surface area contributed by atoms with E-state index >= 15 is 0 Å². The summed E-state index contributed by atoms with van der Waals surface area (Å²) in [5.74, 6) is 0. The van der Waals surface area contributed by atoms with E-state index in [-0.39, 0.29) is 0 Å². The van der Waals surface area contributed by atoms with Gasteiger partial charge in [-0.1, -0.05) is 87.2 Å². The van der Waals surface area contributed by atoms with E-state index < -0.39 is 0 Å². The molecule has 118 valence electrons. The first kappa shape index (κ1) is 16.8. The Labute approximate surface area is 136 Å². The molecule has 2 aromatic carbocycles. The predicted molar refractivity (Wildman–Crippen MR) is 99.4 cm³/mol. The smallest absolute Gasteiger partial charge is 0.0152 e. The first-order chi connectivity index (χ1) is 10.9. The zero-order chi connectivity index (χ0) is 15.5. The lowest BCUT2D eigenvalue weighted by Gasteiger charge is -2.05. The first-order valence-electron chi connectivity index (χ1n) is 9.03. The Bertz CT molecular complexity index is 560. The van der Waals surface area contributed by atoms with Crippen molar-refractivity contribution in [3.63, 3.8) is 0 Å². The Balaban J connectivity index is 1.66. The van der Waals surface area contributed by atoms with Crippen molar-refractivity contribution in [2.24, 2.45) is 0 Å². The largest absolute Gasteiger partial charge is 0.0885 e. The Morgan fingerprint density at radius 2 is 1.45 bits per heavy atom. The van der Waals surface area contributed by atoms with Gasteiger partial charge in [-0.15, -0.1) is 0 Å². The molecular formula is C22H30. The lowest BCUT2D eigenvalue weighted by Crippen LogP contribution is -1.87. The van der Waals surface area contributed by atoms with E-state index in [1.807, 2.05) is 0 Å². The molecule has 0 aliphatic carbocycles. The fraction of sp³-hybridized carbons (Fsp3) is 0.455. The number of hydrogen-bond acceptors (Lipinski definition) is 0. The molecule has 0 heteroatoms. The van der Waals surface area contributed by atoms with Gasteiger partial charge in [-0.3, -0.25) is 0 Å². The van der Waals surface area contributed by atoms with Crippen LogP contribution in [0.1, 0.15) is 63.9 Å². The third-order valence-electron chi connectivity index (χ3n) is 4.34. The molecule has 0 saturated heterocycles. The van der Waals surface area contributed by atoms with Crippen molar-refractivity contribution < 1.29 is 0 Å². The van der Waals surface area contributed by atoms with Crippen molar-refractivity contribution >= 4 is 10.8 Å². The van der Waals surface area contributed by atoms with Gasteiger partial charge in [-0.2, -0.15) is 0 Å². The second-order valence-corrected chi connectivity index (χ2v) is 6.20. The van der Waals surface area contributed by atoms with Crippen LogP contribution in [0, 0.1) is 0 Å². The summed E-state index contributed by atoms with van der Waals surface area (Å²) in [6, 6.07) is 15.4. The molecule has 2 rings (SSSR count). The van der Waals surface area contributed by atoms with Gasteiger partial charge in [-0.25, -0.2) is 0 Å². The minimum atomic E-state index is 1.18. The van der Waals surface area contributed by atoms with Gasteiger partial charge in [0.15, 0.2) is 0 Å². The van der Waals surface area contributed by atoms with Crippen molar-refractivity contribution in [3.05, 3.63) is 60.2 Å². The average molecular weight is 294 g/mol. The molecule has 0 atom stereocenters. The fourth-order valence-corrected chi connectivity index (χ4v) is 3.02. The van der Waals surface area contributed by atoms with Crippen LogP contribution in [0.15, 0.2) is 54.6 Å². The van der Waals surface area contributed by atoms with Crippen LogP contribution in [0.3, 0.4) is 0 Å². The van der Waals surface area contributed by atoms with E-state index in [1.165, 1.54) is 74.1 Å². The van der Waals surface area contributed by atoms with Crippen molar-refractivity contribution in [2.45, 2.75) is 64.7 Å². The van der Waals surface area contributed by atoms with E-state index in [2.05, 4.69) is 61.5 Å². The van der Waals surface area contributed by atoms with Crippen molar-refractivity contribution in [1.29, 1.82) is 0 Å². The summed E-state index contributed by atoms with van der Waals surface area (Å²) < 4.78 is 0. The zero-order valence-electron chi connectivity index (χ0n) is 14.1. The van der Waals surface area contributed by atoms with E-state index in [1.54, 1.807) is 0 Å². The number of aryl methyl sites for hydroxylation is 1. The predicted octanol–water partition coefficient (Wildman–Crippen LogP) is 7.08. The standard InChI is InChI=1S/C22H30/c1-2-3-4-5-6-7-8-9-10-11-15-20-17-14-18-21-16-12-13-19-22(20)21/h8-9,12-14,16-19H,2-7,10-11,15H2,1H3/b9-8+. The van der Waals surface area contributed by atoms with Crippen molar-refractivity contribution in [1.82, 2.24) is 0 Å². The van der Waals surface area contributed by atoms with Gasteiger partial charge < -0.3 is 0 Å². The van der Waals surface area contributed by atoms with Crippen LogP contribution in [-0.2, 0) is 6.42 Å². The molecule has 0 radical (unpaired) electrons. The molecular weight excluding hydrogens is 264 g/mol. The Morgan fingerprint density at radius 1 is 0.727 bits per heavy atom. The maximum Gasteiger partial charge on any atom is -0.0152 e. The molecule has 22 heavy (non-hydrogen) atoms. The van der Waals surface area contributed by atoms with Gasteiger partial charge in [0.1, 0.15) is 0 Å². The summed E-state index contributed by atoms with van der Waals surface area (Å²) in [5, 5.41) is 2.78. The third-order valence-corrected chi connectivity index (χ3v) is 4.34. The van der Waals surface area contributed by atoms with Gasteiger partial charge in [0.25, 0.3) is 0 Å². The van der Waals surface area contributed by atoms with Crippen LogP contribution in [0.2, 0.25) is 0 Å². The maximum atomic E-state index is 2.38. The molecule has 0 amide bonds. The highest BCUT2D eigenvalue weighted by molar-refractivity contribution is 5.85. The van der Waals surface area contributed by atoms with E-state index in [4.69, 9.17) is 0 Å². The summed E-state index contributed by atoms with van der Waals surface area (Å²) in [6.45, 7) is 2.27. The Morgan fingerprint density at radius 3 is 2.32 bits per heavy atom. The number of unbranched alkanes of at least 4 members (excludes halogenated alkanes) is 6. The topological polar surface area (TPSA) is 0 Å². The van der Waals surface area contributed by atoms with Crippen LogP contribution in [-0.4, -0.2) is 0 Å². The number of benzene rings is 2. The summed E-state index contributed by atoms with van der Waals surface area (Å²) in [5.41, 5.74) is 1.49. The molecule has 0 aromatic heterocycles. The number of fused-ring (bicyclic) bond motifs is 1. The lowest BCUT2D eigenvalue weighted by molar-refractivity contribution is 0.637. The van der Waals surface area contributed by atoms with Gasteiger partial charge >= 0.3 is 0 Å². The minimum Gasteiger partial charge on any atom is -0.0885 e. The highest BCUT2D eigenvalue weighted by Crippen LogP contribution is 2.20. The van der Waals surface area contributed by atoms with Gasteiger partial charge in [0, 0.05) is 0 Å². The molecule has 0 spiro atoms. The normalized spacial score (nSPS) is 11.5. The first-order valence-corrected chi connectivity index (χ1v) is 9.03. The van der Waals surface area contributed by atoms with Gasteiger partial charge in [0.05, 0.1) is 0 Å². The second kappa shape index (κ2) is 10.2. The number of hydrogen-bond donors (Lipinski definition) is 0. The van der Waals surface area contributed by atoms with Gasteiger partial charge in [0.2, 0.25) is 0 Å². The summed E-state index contributed by atoms with van der Waals surface area (Å²) in [7, 11) is 0. The van der Waals surface area contributed by atoms with Crippen LogP contribution in [0.5, 0.6) is 0 Å². The second-order valence-electron chi connectivity index (χ2n) is 6.20. The summed E-state index contributed by atoms with van der Waals surface area (Å²) >= 11 is 0. The number of allylic oxidation sites excluding steroid dienone is 2. The monoisotopic (exact) mass is 294 g/mol. The van der Waals surface area contributed by atoms with Crippen LogP contribution < -0.4 is 0 Å². The molecule has 0 unspecified atom stereocenters. The van der Waals surface area contributed by atoms with Crippen LogP contribution in [0.4, 0.5) is 0 Å². The van der Waals surface area contributed by atoms with E-state index in [0.717, 1.165) is 0 Å². The SMILES string of the molecule is CCCCCCC/C=C/CCCc1cccc2ccccc12. The van der Waals surface area contributed by atoms with Crippen LogP contribution in [0.25, 0.3) is 10.8 Å². The molecule has 0 heterocycles. The van der Waals surface area contributed by atoms with Gasteiger partial charge in [-0.05, 0) is 48.4 Å². The van der Waals surface area contributed by atoms with Crippen molar-refractivity contribution in [3.8, 4) is 0 Å². The highest BCUT2D eigenvalue weighted by atomic mass is 14.0. The molecule has 0 fully saturated rings. The molecule has 0 aliphatic heterocycles. The fourth-order valence-electron chi connectivity index (χ4n) is 3.02. The maximum absolute atomic E-state index is 2.38. The van der Waals surface area contributed by atoms with Crippen LogP contribution >= 0.6 is 0 Å². The molecule has 0 aliphatic rings. The Hall–Kier alpha value is -1.56. The Kier molecular flexibility index (Phi) is 7.80. The molecule has 2 aromatic rings. The molecule has 0 N–H and O–H groups in total. The third kappa shape index (κ3) is 5.67. The molecule has 0 nitrogen and oxygen atoms in total. The zero-order valence-corrected chi connectivity index (χ0v) is 14.1. The van der Waals surface area contributed by atoms with E-state index in [0.29, 0.717) is 0 Å². The highest BCUT2D eigenvalue weighted by Gasteiger charge is 1.99. The minimum absolute atomic E-state index is 1.18. The van der Waals surface area contributed by atoms with E-state index in [9.17, 15) is 0 Å². The molecule has 0 saturated carbocycles. The average Bonchev–Trinajstić information content (AvgIpc) is 2.56. The lowest BCUT2D eigenvalue weighted by atomic mass is 10.00. The number of rotatable bonds is 10. The summed E-state index contributed by atoms with van der Waals surface area (Å²) in [4.78, 5) is 0.